The lowest BCUT2D eigenvalue weighted by atomic mass is 9.80. The van der Waals surface area contributed by atoms with Crippen molar-refractivity contribution in [3.8, 4) is 23.0 Å². The normalized spacial score (nSPS) is 18.7. The molecule has 0 aromatic heterocycles. The van der Waals surface area contributed by atoms with E-state index in [1.165, 1.54) is 37.8 Å². The molecule has 0 spiro atoms. The van der Waals surface area contributed by atoms with Gasteiger partial charge in [0.05, 0.1) is 5.56 Å². The molecular weight excluding hydrogens is 436 g/mol. The highest BCUT2D eigenvalue weighted by atomic mass is 19.4. The molecule has 1 aliphatic rings. The summed E-state index contributed by atoms with van der Waals surface area (Å²) in [4.78, 5) is 0. The van der Waals surface area contributed by atoms with E-state index >= 15 is 0 Å². The van der Waals surface area contributed by atoms with Gasteiger partial charge in [0, 0.05) is 16.9 Å². The fourth-order valence-electron chi connectivity index (χ4n) is 4.72. The molecule has 0 bridgehead atoms. The number of alkyl halides is 3. The van der Waals surface area contributed by atoms with E-state index in [0.29, 0.717) is 11.3 Å². The molecule has 3 aromatic carbocycles. The van der Waals surface area contributed by atoms with Gasteiger partial charge in [0.1, 0.15) is 5.82 Å². The Balaban J connectivity index is 1.42. The van der Waals surface area contributed by atoms with Gasteiger partial charge in [0.15, 0.2) is 0 Å². The van der Waals surface area contributed by atoms with Crippen molar-refractivity contribution >= 4 is 10.8 Å². The fourth-order valence-corrected chi connectivity index (χ4v) is 4.72. The van der Waals surface area contributed by atoms with Crippen LogP contribution >= 0.6 is 0 Å². The third-order valence-electron chi connectivity index (χ3n) is 6.72. The molecule has 34 heavy (non-hydrogen) atoms. The first-order valence-corrected chi connectivity index (χ1v) is 11.9. The zero-order valence-corrected chi connectivity index (χ0v) is 19.3. The van der Waals surface area contributed by atoms with E-state index in [2.05, 4.69) is 30.9 Å². The van der Waals surface area contributed by atoms with E-state index < -0.39 is 17.6 Å². The zero-order chi connectivity index (χ0) is 24.1. The largest absolute Gasteiger partial charge is 0.419 e. The number of benzene rings is 3. The molecule has 0 amide bonds. The fraction of sp³-hybridized carbons (Fsp3) is 0.333. The molecule has 0 heterocycles. The van der Waals surface area contributed by atoms with Gasteiger partial charge in [-0.25, -0.2) is 4.39 Å². The van der Waals surface area contributed by atoms with Gasteiger partial charge in [-0.2, -0.15) is 13.2 Å². The van der Waals surface area contributed by atoms with Crippen molar-refractivity contribution in [3.63, 3.8) is 0 Å². The van der Waals surface area contributed by atoms with Crippen LogP contribution in [0.2, 0.25) is 0 Å². The van der Waals surface area contributed by atoms with Gasteiger partial charge in [-0.1, -0.05) is 54.3 Å². The Morgan fingerprint density at radius 1 is 0.912 bits per heavy atom. The Hall–Kier alpha value is -3.06. The first-order valence-electron chi connectivity index (χ1n) is 11.9. The Morgan fingerprint density at radius 2 is 1.62 bits per heavy atom. The topological polar surface area (TPSA) is 0 Å². The monoisotopic (exact) mass is 464 g/mol. The average molecular weight is 465 g/mol. The van der Waals surface area contributed by atoms with E-state index in [0.717, 1.165) is 41.5 Å². The molecule has 4 heteroatoms. The zero-order valence-electron chi connectivity index (χ0n) is 19.3. The van der Waals surface area contributed by atoms with Crippen LogP contribution in [0.25, 0.3) is 21.9 Å². The molecule has 0 unspecified atom stereocenters. The van der Waals surface area contributed by atoms with Crippen molar-refractivity contribution in [3.05, 3.63) is 83.7 Å². The SMILES string of the molecule is C/C=C/CCC1CCC(C#Cc2ccc(-c3ccc4c(F)c(C(F)(F)F)ccc4c3)cc2)CC1. The van der Waals surface area contributed by atoms with E-state index in [-0.39, 0.29) is 5.39 Å². The minimum atomic E-state index is -4.71. The maximum Gasteiger partial charge on any atom is 0.419 e. The van der Waals surface area contributed by atoms with Crippen molar-refractivity contribution in [2.24, 2.45) is 11.8 Å². The number of rotatable bonds is 4. The molecule has 176 valence electrons. The molecule has 1 fully saturated rings. The molecule has 1 aliphatic carbocycles. The van der Waals surface area contributed by atoms with E-state index in [1.54, 1.807) is 12.1 Å². The van der Waals surface area contributed by atoms with Crippen LogP contribution in [-0.4, -0.2) is 0 Å². The number of fused-ring (bicyclic) bond motifs is 1. The summed E-state index contributed by atoms with van der Waals surface area (Å²) in [6, 6.07) is 14.7. The van der Waals surface area contributed by atoms with E-state index in [4.69, 9.17) is 0 Å². The molecule has 0 nitrogen and oxygen atoms in total. The number of allylic oxidation sites excluding steroid dienone is 2. The highest BCUT2D eigenvalue weighted by Gasteiger charge is 2.34. The maximum atomic E-state index is 14.3. The van der Waals surface area contributed by atoms with Crippen LogP contribution in [0.1, 0.15) is 56.6 Å². The van der Waals surface area contributed by atoms with Crippen LogP contribution in [0.4, 0.5) is 17.6 Å². The van der Waals surface area contributed by atoms with Crippen LogP contribution in [-0.2, 0) is 6.18 Å². The van der Waals surface area contributed by atoms with Crippen molar-refractivity contribution in [2.45, 2.75) is 51.6 Å². The predicted molar refractivity (Wildman–Crippen MR) is 131 cm³/mol. The highest BCUT2D eigenvalue weighted by Crippen LogP contribution is 2.36. The lowest BCUT2D eigenvalue weighted by Crippen LogP contribution is -2.13. The Bertz CT molecular complexity index is 1210. The molecule has 4 rings (SSSR count). The second kappa shape index (κ2) is 10.5. The van der Waals surface area contributed by atoms with Crippen LogP contribution < -0.4 is 0 Å². The van der Waals surface area contributed by atoms with Crippen LogP contribution in [0.3, 0.4) is 0 Å². The maximum absolute atomic E-state index is 14.3. The summed E-state index contributed by atoms with van der Waals surface area (Å²) in [5.41, 5.74) is 1.44. The van der Waals surface area contributed by atoms with Gasteiger partial charge in [-0.15, -0.1) is 0 Å². The first kappa shape index (κ1) is 24.1. The van der Waals surface area contributed by atoms with Gasteiger partial charge in [-0.3, -0.25) is 0 Å². The second-order valence-corrected chi connectivity index (χ2v) is 9.07. The summed E-state index contributed by atoms with van der Waals surface area (Å²) < 4.78 is 53.2. The summed E-state index contributed by atoms with van der Waals surface area (Å²) in [7, 11) is 0. The average Bonchev–Trinajstić information content (AvgIpc) is 2.83. The molecule has 0 atom stereocenters. The smallest absolute Gasteiger partial charge is 0.206 e. The Kier molecular flexibility index (Phi) is 7.41. The van der Waals surface area contributed by atoms with Crippen molar-refractivity contribution < 1.29 is 17.6 Å². The van der Waals surface area contributed by atoms with Crippen molar-refractivity contribution in [1.29, 1.82) is 0 Å². The summed E-state index contributed by atoms with van der Waals surface area (Å²) in [6.07, 6.45) is 6.93. The van der Waals surface area contributed by atoms with Crippen LogP contribution in [0, 0.1) is 29.5 Å². The lowest BCUT2D eigenvalue weighted by molar-refractivity contribution is -0.139. The standard InChI is InChI=1S/C30H28F4/c1-2-3-4-5-21-6-8-22(9-7-21)10-11-23-12-14-24(15-13-23)25-16-18-27-26(20-25)17-19-28(29(27)31)30(32,33)34/h2-3,12-22H,4-9H2,1H3/b3-2+. The molecular formula is C30H28F4. The second-order valence-electron chi connectivity index (χ2n) is 9.07. The summed E-state index contributed by atoms with van der Waals surface area (Å²) in [5.74, 6) is 6.78. The molecule has 0 radical (unpaired) electrons. The number of halogens is 4. The third kappa shape index (κ3) is 5.70. The van der Waals surface area contributed by atoms with Gasteiger partial charge in [-0.05, 0) is 92.1 Å². The summed E-state index contributed by atoms with van der Waals surface area (Å²) in [6.45, 7) is 2.07. The number of hydrogen-bond donors (Lipinski definition) is 0. The van der Waals surface area contributed by atoms with E-state index in [1.807, 2.05) is 24.3 Å². The van der Waals surface area contributed by atoms with E-state index in [9.17, 15) is 17.6 Å². The highest BCUT2D eigenvalue weighted by molar-refractivity contribution is 5.88. The Morgan fingerprint density at radius 3 is 2.29 bits per heavy atom. The minimum absolute atomic E-state index is 0.0300. The first-order chi connectivity index (χ1) is 16.3. The van der Waals surface area contributed by atoms with Gasteiger partial charge in [0.2, 0.25) is 0 Å². The van der Waals surface area contributed by atoms with Crippen molar-refractivity contribution in [1.82, 2.24) is 0 Å². The molecule has 0 aliphatic heterocycles. The Labute approximate surface area is 198 Å². The van der Waals surface area contributed by atoms with Crippen LogP contribution in [0.5, 0.6) is 0 Å². The number of hydrogen-bond acceptors (Lipinski definition) is 0. The third-order valence-corrected chi connectivity index (χ3v) is 6.72. The summed E-state index contributed by atoms with van der Waals surface area (Å²) in [5, 5.41) is 0.408. The molecule has 0 saturated heterocycles. The van der Waals surface area contributed by atoms with Gasteiger partial charge < -0.3 is 0 Å². The minimum Gasteiger partial charge on any atom is -0.206 e. The van der Waals surface area contributed by atoms with Crippen LogP contribution in [0.15, 0.2) is 66.7 Å². The quantitative estimate of drug-likeness (QED) is 0.205. The lowest BCUT2D eigenvalue weighted by Gasteiger charge is -2.25. The van der Waals surface area contributed by atoms with Gasteiger partial charge in [0.25, 0.3) is 0 Å². The molecule has 3 aromatic rings. The summed E-state index contributed by atoms with van der Waals surface area (Å²) >= 11 is 0. The van der Waals surface area contributed by atoms with Gasteiger partial charge >= 0.3 is 6.18 Å². The predicted octanol–water partition coefficient (Wildman–Crippen LogP) is 9.18. The van der Waals surface area contributed by atoms with Crippen molar-refractivity contribution in [2.75, 3.05) is 0 Å². The molecule has 1 saturated carbocycles. The molecule has 0 N–H and O–H groups in total.